The number of carbonyl (C=O) groups is 2. The molecule has 2 rings (SSSR count). The predicted molar refractivity (Wildman–Crippen MR) is 87.2 cm³/mol. The maximum Gasteiger partial charge on any atom is 0.341 e. The van der Waals surface area contributed by atoms with Gasteiger partial charge in [0.25, 0.3) is 5.91 Å². The van der Waals surface area contributed by atoms with Crippen LogP contribution < -0.4 is 10.1 Å². The molecule has 1 aromatic heterocycles. The van der Waals surface area contributed by atoms with Crippen molar-refractivity contribution in [3.8, 4) is 5.75 Å². The third-order valence-electron chi connectivity index (χ3n) is 2.38. The van der Waals surface area contributed by atoms with E-state index in [0.717, 1.165) is 7.57 Å². The molecule has 110 valence electrons. The molecule has 0 saturated carbocycles. The smallest absolute Gasteiger partial charge is 0.341 e. The Bertz CT molecular complexity index is 669. The molecule has 5 nitrogen and oxygen atoms in total. The van der Waals surface area contributed by atoms with Crippen LogP contribution in [0, 0.1) is 0 Å². The van der Waals surface area contributed by atoms with Gasteiger partial charge in [0.05, 0.1) is 13.1 Å². The summed E-state index contributed by atoms with van der Waals surface area (Å²) in [6.45, 7) is -0.401. The van der Waals surface area contributed by atoms with E-state index in [1.165, 1.54) is 11.3 Å². The molecule has 0 aliphatic carbocycles. The summed E-state index contributed by atoms with van der Waals surface area (Å²) in [5, 5.41) is 11.3. The Morgan fingerprint density at radius 2 is 1.90 bits per heavy atom. The van der Waals surface area contributed by atoms with Crippen LogP contribution in [0.4, 0.5) is 5.69 Å². The fraction of sp³-hybridized carbons (Fsp3) is 0.0769. The third kappa shape index (κ3) is 4.55. The van der Waals surface area contributed by atoms with Crippen LogP contribution in [0.5, 0.6) is 5.75 Å². The van der Waals surface area contributed by atoms with Crippen molar-refractivity contribution in [2.75, 3.05) is 11.9 Å². The summed E-state index contributed by atoms with van der Waals surface area (Å²) in [7, 11) is 0. The normalized spacial score (nSPS) is 10.2. The molecule has 2 aromatic rings. The molecule has 0 atom stereocenters. The van der Waals surface area contributed by atoms with E-state index in [1.807, 2.05) is 0 Å². The zero-order valence-corrected chi connectivity index (χ0v) is 14.4. The summed E-state index contributed by atoms with van der Waals surface area (Å²) in [5.74, 6) is -0.849. The molecule has 0 saturated heterocycles. The van der Waals surface area contributed by atoms with Gasteiger partial charge in [-0.25, -0.2) is 4.79 Å². The van der Waals surface area contributed by atoms with Crippen molar-refractivity contribution in [3.05, 3.63) is 43.5 Å². The average molecular weight is 435 g/mol. The average Bonchev–Trinajstić information content (AvgIpc) is 2.77. The van der Waals surface area contributed by atoms with Crippen LogP contribution >= 0.6 is 43.2 Å². The van der Waals surface area contributed by atoms with Crippen LogP contribution in [-0.2, 0) is 4.79 Å². The highest BCUT2D eigenvalue weighted by Gasteiger charge is 2.13. The Labute approximate surface area is 141 Å². The Hall–Kier alpha value is -1.38. The van der Waals surface area contributed by atoms with Crippen molar-refractivity contribution < 1.29 is 19.4 Å². The highest BCUT2D eigenvalue weighted by Crippen LogP contribution is 2.32. The molecule has 0 bridgehead atoms. The fourth-order valence-corrected chi connectivity index (χ4v) is 4.27. The largest absolute Gasteiger partial charge is 0.482 e. The highest BCUT2D eigenvalue weighted by atomic mass is 79.9. The minimum atomic E-state index is -1.04. The molecule has 0 fully saturated rings. The molecular formula is C13H9Br2NO4S. The molecule has 0 unspecified atom stereocenters. The summed E-state index contributed by atoms with van der Waals surface area (Å²) < 4.78 is 6.61. The number of carboxylic acids is 1. The van der Waals surface area contributed by atoms with Crippen LogP contribution in [0.25, 0.3) is 0 Å². The second-order valence-corrected chi connectivity index (χ2v) is 7.65. The zero-order valence-electron chi connectivity index (χ0n) is 10.4. The molecule has 2 N–H and O–H groups in total. The van der Waals surface area contributed by atoms with E-state index in [9.17, 15) is 9.59 Å². The maximum atomic E-state index is 12.1. The van der Waals surface area contributed by atoms with E-state index in [0.29, 0.717) is 17.0 Å². The molecule has 1 aromatic carbocycles. The molecule has 1 heterocycles. The van der Waals surface area contributed by atoms with Gasteiger partial charge in [-0.1, -0.05) is 0 Å². The minimum Gasteiger partial charge on any atom is -0.482 e. The van der Waals surface area contributed by atoms with Gasteiger partial charge in [0, 0.05) is 5.69 Å². The molecule has 1 amide bonds. The number of hydrogen-bond donors (Lipinski definition) is 2. The number of carbonyl (C=O) groups excluding carboxylic acids is 1. The first-order valence-corrected chi connectivity index (χ1v) is 8.07. The van der Waals surface area contributed by atoms with Gasteiger partial charge in [0.1, 0.15) is 5.75 Å². The lowest BCUT2D eigenvalue weighted by Crippen LogP contribution is -2.12. The number of nitrogens with one attached hydrogen (secondary N) is 1. The number of aliphatic carboxylic acids is 1. The fourth-order valence-electron chi connectivity index (χ4n) is 1.47. The topological polar surface area (TPSA) is 75.6 Å². The van der Waals surface area contributed by atoms with Gasteiger partial charge in [-0.05, 0) is 62.2 Å². The van der Waals surface area contributed by atoms with Gasteiger partial charge >= 0.3 is 5.97 Å². The Kier molecular flexibility index (Phi) is 5.38. The summed E-state index contributed by atoms with van der Waals surface area (Å²) in [5.41, 5.74) is 1.13. The maximum absolute atomic E-state index is 12.1. The lowest BCUT2D eigenvalue weighted by atomic mass is 10.2. The summed E-state index contributed by atoms with van der Waals surface area (Å²) in [6.07, 6.45) is 0. The standard InChI is InChI=1S/C13H9Br2NO4S/c14-10-5-9(12(15)21-10)13(19)16-7-1-3-8(4-2-7)20-6-11(17)18/h1-5H,6H2,(H,16,19)(H,17,18). The van der Waals surface area contributed by atoms with E-state index < -0.39 is 12.6 Å². The SMILES string of the molecule is O=C(O)COc1ccc(NC(=O)c2cc(Br)sc2Br)cc1. The number of benzene rings is 1. The number of thiophene rings is 1. The number of carboxylic acid groups (broad SMARTS) is 1. The number of rotatable bonds is 5. The van der Waals surface area contributed by atoms with Gasteiger partial charge in [-0.15, -0.1) is 11.3 Å². The van der Waals surface area contributed by atoms with Gasteiger partial charge in [-0.2, -0.15) is 0 Å². The number of amides is 1. The molecule has 0 radical (unpaired) electrons. The quantitative estimate of drug-likeness (QED) is 0.745. The number of halogens is 2. The first-order valence-electron chi connectivity index (χ1n) is 5.66. The zero-order chi connectivity index (χ0) is 15.4. The first kappa shape index (κ1) is 16.0. The van der Waals surface area contributed by atoms with Crippen LogP contribution in [0.1, 0.15) is 10.4 Å². The van der Waals surface area contributed by atoms with Crippen molar-refractivity contribution in [1.29, 1.82) is 0 Å². The molecule has 21 heavy (non-hydrogen) atoms. The minimum absolute atomic E-state index is 0.233. The van der Waals surface area contributed by atoms with Crippen molar-refractivity contribution in [1.82, 2.24) is 0 Å². The molecule has 0 aliphatic rings. The second-order valence-electron chi connectivity index (χ2n) is 3.90. The van der Waals surface area contributed by atoms with E-state index in [4.69, 9.17) is 9.84 Å². The van der Waals surface area contributed by atoms with Gasteiger partial charge in [-0.3, -0.25) is 4.79 Å². The van der Waals surface area contributed by atoms with Crippen molar-refractivity contribution in [2.24, 2.45) is 0 Å². The third-order valence-corrected chi connectivity index (χ3v) is 4.72. The number of hydrogen-bond acceptors (Lipinski definition) is 4. The first-order chi connectivity index (χ1) is 9.95. The lowest BCUT2D eigenvalue weighted by Gasteiger charge is -2.06. The summed E-state index contributed by atoms with van der Waals surface area (Å²) in [4.78, 5) is 22.5. The Morgan fingerprint density at radius 3 is 2.43 bits per heavy atom. The van der Waals surface area contributed by atoms with Gasteiger partial charge in [0.2, 0.25) is 0 Å². The Morgan fingerprint density at radius 1 is 1.24 bits per heavy atom. The van der Waals surface area contributed by atoms with E-state index >= 15 is 0 Å². The van der Waals surface area contributed by atoms with Crippen LogP contribution in [-0.4, -0.2) is 23.6 Å². The number of ether oxygens (including phenoxy) is 1. The lowest BCUT2D eigenvalue weighted by molar-refractivity contribution is -0.139. The molecule has 8 heteroatoms. The van der Waals surface area contributed by atoms with Crippen molar-refractivity contribution in [3.63, 3.8) is 0 Å². The number of anilines is 1. The second kappa shape index (κ2) is 7.06. The van der Waals surface area contributed by atoms with Crippen molar-refractivity contribution in [2.45, 2.75) is 0 Å². The highest BCUT2D eigenvalue weighted by molar-refractivity contribution is 9.12. The van der Waals surface area contributed by atoms with Gasteiger partial charge < -0.3 is 15.2 Å². The molecule has 0 spiro atoms. The van der Waals surface area contributed by atoms with Crippen LogP contribution in [0.15, 0.2) is 37.9 Å². The van der Waals surface area contributed by atoms with E-state index in [2.05, 4.69) is 37.2 Å². The van der Waals surface area contributed by atoms with Gasteiger partial charge in [0.15, 0.2) is 6.61 Å². The van der Waals surface area contributed by atoms with E-state index in [1.54, 1.807) is 30.3 Å². The summed E-state index contributed by atoms with van der Waals surface area (Å²) in [6, 6.07) is 8.21. The van der Waals surface area contributed by atoms with Crippen LogP contribution in [0.3, 0.4) is 0 Å². The monoisotopic (exact) mass is 433 g/mol. The van der Waals surface area contributed by atoms with Crippen molar-refractivity contribution >= 4 is 60.8 Å². The summed E-state index contributed by atoms with van der Waals surface area (Å²) >= 11 is 8.06. The molecule has 0 aliphatic heterocycles. The predicted octanol–water partition coefficient (Wildman–Crippen LogP) is 3.99. The van der Waals surface area contributed by atoms with Crippen LogP contribution in [0.2, 0.25) is 0 Å². The molecular weight excluding hydrogens is 426 g/mol. The van der Waals surface area contributed by atoms with E-state index in [-0.39, 0.29) is 5.91 Å². The Balaban J connectivity index is 2.01.